The summed E-state index contributed by atoms with van der Waals surface area (Å²) < 4.78 is 7.13. The van der Waals surface area contributed by atoms with Gasteiger partial charge >= 0.3 is 0 Å². The maximum absolute atomic E-state index is 12.0. The van der Waals surface area contributed by atoms with E-state index in [0.717, 1.165) is 40.7 Å². The summed E-state index contributed by atoms with van der Waals surface area (Å²) in [5.74, 6) is 2.41. The summed E-state index contributed by atoms with van der Waals surface area (Å²) in [7, 11) is 0. The summed E-state index contributed by atoms with van der Waals surface area (Å²) in [5, 5.41) is 11.4. The molecule has 0 aliphatic rings. The minimum absolute atomic E-state index is 0.0620. The summed E-state index contributed by atoms with van der Waals surface area (Å²) in [4.78, 5) is 12.0. The Morgan fingerprint density at radius 2 is 2.12 bits per heavy atom. The van der Waals surface area contributed by atoms with Gasteiger partial charge in [0.2, 0.25) is 5.91 Å². The highest BCUT2D eigenvalue weighted by Gasteiger charge is 2.11. The van der Waals surface area contributed by atoms with E-state index in [-0.39, 0.29) is 5.91 Å². The average molecular weight is 350 g/mol. The molecule has 1 N–H and O–H groups in total. The molecule has 1 atom stereocenters. The summed E-state index contributed by atoms with van der Waals surface area (Å²) in [5.41, 5.74) is 4.17. The number of thioether (sulfide) groups is 1. The monoisotopic (exact) mass is 350 g/mol. The van der Waals surface area contributed by atoms with Crippen LogP contribution in [0.5, 0.6) is 0 Å². The van der Waals surface area contributed by atoms with Gasteiger partial charge in [0.05, 0.1) is 17.1 Å². The Morgan fingerprint density at radius 1 is 1.38 bits per heavy atom. The second-order valence-electron chi connectivity index (χ2n) is 6.31. The standard InChI is InChI=1S/C17H26N4O2S/c1-11(8-21-13(3)6-12(2)19-21)7-18-17(22)10-24-9-16-14(4)20-23-15(16)5/h6,11H,7-10H2,1-5H3,(H,18,22). The van der Waals surface area contributed by atoms with E-state index >= 15 is 0 Å². The van der Waals surface area contributed by atoms with Gasteiger partial charge in [0.15, 0.2) is 0 Å². The second-order valence-corrected chi connectivity index (χ2v) is 7.30. The predicted octanol–water partition coefficient (Wildman–Crippen LogP) is 2.79. The van der Waals surface area contributed by atoms with Gasteiger partial charge in [-0.15, -0.1) is 11.8 Å². The quantitative estimate of drug-likeness (QED) is 0.792. The largest absolute Gasteiger partial charge is 0.361 e. The fourth-order valence-electron chi connectivity index (χ4n) is 2.51. The van der Waals surface area contributed by atoms with Gasteiger partial charge in [0, 0.05) is 30.1 Å². The van der Waals surface area contributed by atoms with Crippen molar-refractivity contribution < 1.29 is 9.32 Å². The number of carbonyl (C=O) groups excluding carboxylic acids is 1. The molecule has 0 spiro atoms. The number of carbonyl (C=O) groups is 1. The van der Waals surface area contributed by atoms with Gasteiger partial charge in [0.25, 0.3) is 0 Å². The molecule has 1 unspecified atom stereocenters. The van der Waals surface area contributed by atoms with Crippen molar-refractivity contribution in [3.8, 4) is 0 Å². The Morgan fingerprint density at radius 3 is 2.71 bits per heavy atom. The van der Waals surface area contributed by atoms with E-state index in [1.54, 1.807) is 11.8 Å². The van der Waals surface area contributed by atoms with Gasteiger partial charge in [-0.3, -0.25) is 9.48 Å². The van der Waals surface area contributed by atoms with Crippen molar-refractivity contribution in [1.29, 1.82) is 0 Å². The Bertz CT molecular complexity index is 673. The molecule has 2 rings (SSSR count). The lowest BCUT2D eigenvalue weighted by Crippen LogP contribution is -2.31. The van der Waals surface area contributed by atoms with Gasteiger partial charge in [-0.1, -0.05) is 12.1 Å². The molecular formula is C17H26N4O2S. The van der Waals surface area contributed by atoms with Crippen molar-refractivity contribution in [2.45, 2.75) is 46.9 Å². The SMILES string of the molecule is Cc1cc(C)n(CC(C)CNC(=O)CSCc2c(C)noc2C)n1. The highest BCUT2D eigenvalue weighted by atomic mass is 32.2. The van der Waals surface area contributed by atoms with Crippen LogP contribution < -0.4 is 5.32 Å². The summed E-state index contributed by atoms with van der Waals surface area (Å²) >= 11 is 1.58. The van der Waals surface area contributed by atoms with Crippen LogP contribution in [0.4, 0.5) is 0 Å². The number of nitrogens with one attached hydrogen (secondary N) is 1. The van der Waals surface area contributed by atoms with Crippen molar-refractivity contribution >= 4 is 17.7 Å². The first-order chi connectivity index (χ1) is 11.4. The maximum atomic E-state index is 12.0. The zero-order valence-corrected chi connectivity index (χ0v) is 15.9. The lowest BCUT2D eigenvalue weighted by atomic mass is 10.2. The smallest absolute Gasteiger partial charge is 0.230 e. The van der Waals surface area contributed by atoms with Crippen LogP contribution in [0.2, 0.25) is 0 Å². The third kappa shape index (κ3) is 5.12. The fourth-order valence-corrected chi connectivity index (χ4v) is 3.52. The molecule has 0 aliphatic heterocycles. The van der Waals surface area contributed by atoms with Crippen LogP contribution in [0.25, 0.3) is 0 Å². The number of amides is 1. The van der Waals surface area contributed by atoms with E-state index in [2.05, 4.69) is 35.5 Å². The van der Waals surface area contributed by atoms with Crippen LogP contribution in [-0.4, -0.2) is 33.1 Å². The molecule has 2 aromatic heterocycles. The molecule has 2 heterocycles. The van der Waals surface area contributed by atoms with Crippen molar-refractivity contribution in [3.63, 3.8) is 0 Å². The Labute approximate surface area is 147 Å². The highest BCUT2D eigenvalue weighted by molar-refractivity contribution is 7.99. The minimum atomic E-state index is 0.0620. The van der Waals surface area contributed by atoms with Crippen LogP contribution in [0.1, 0.15) is 35.3 Å². The van der Waals surface area contributed by atoms with Crippen LogP contribution in [0, 0.1) is 33.6 Å². The number of nitrogens with zero attached hydrogens (tertiary/aromatic N) is 3. The maximum Gasteiger partial charge on any atom is 0.230 e. The zero-order valence-electron chi connectivity index (χ0n) is 15.0. The van der Waals surface area contributed by atoms with E-state index in [0.29, 0.717) is 18.2 Å². The molecule has 0 bridgehead atoms. The van der Waals surface area contributed by atoms with E-state index < -0.39 is 0 Å². The van der Waals surface area contributed by atoms with Crippen molar-refractivity contribution in [1.82, 2.24) is 20.3 Å². The van der Waals surface area contributed by atoms with E-state index in [9.17, 15) is 4.79 Å². The molecule has 1 amide bonds. The van der Waals surface area contributed by atoms with Crippen molar-refractivity contribution in [3.05, 3.63) is 34.5 Å². The van der Waals surface area contributed by atoms with Crippen LogP contribution in [0.15, 0.2) is 10.6 Å². The highest BCUT2D eigenvalue weighted by Crippen LogP contribution is 2.19. The van der Waals surface area contributed by atoms with E-state index in [4.69, 9.17) is 4.52 Å². The Balaban J connectivity index is 1.68. The van der Waals surface area contributed by atoms with Crippen molar-refractivity contribution in [2.75, 3.05) is 12.3 Å². The third-order valence-electron chi connectivity index (χ3n) is 3.90. The van der Waals surface area contributed by atoms with Crippen LogP contribution in [0.3, 0.4) is 0 Å². The first-order valence-corrected chi connectivity index (χ1v) is 9.29. The zero-order chi connectivity index (χ0) is 17.7. The molecule has 0 aliphatic carbocycles. The lowest BCUT2D eigenvalue weighted by Gasteiger charge is -2.14. The molecule has 2 aromatic rings. The molecule has 132 valence electrons. The van der Waals surface area contributed by atoms with Gasteiger partial charge in [-0.05, 0) is 39.7 Å². The first-order valence-electron chi connectivity index (χ1n) is 8.14. The molecule has 0 saturated carbocycles. The first kappa shape index (κ1) is 18.6. The summed E-state index contributed by atoms with van der Waals surface area (Å²) in [6.07, 6.45) is 0. The molecule has 0 aromatic carbocycles. The normalized spacial score (nSPS) is 12.4. The van der Waals surface area contributed by atoms with E-state index in [1.807, 2.05) is 25.5 Å². The summed E-state index contributed by atoms with van der Waals surface area (Å²) in [6.45, 7) is 11.5. The molecule has 6 nitrogen and oxygen atoms in total. The molecule has 24 heavy (non-hydrogen) atoms. The molecule has 0 radical (unpaired) electrons. The Kier molecular flexibility index (Phi) is 6.48. The number of aromatic nitrogens is 3. The topological polar surface area (TPSA) is 73.0 Å². The molecule has 7 heteroatoms. The van der Waals surface area contributed by atoms with Gasteiger partial charge in [-0.2, -0.15) is 5.10 Å². The van der Waals surface area contributed by atoms with Gasteiger partial charge in [0.1, 0.15) is 5.76 Å². The third-order valence-corrected chi connectivity index (χ3v) is 4.86. The second kappa shape index (κ2) is 8.37. The lowest BCUT2D eigenvalue weighted by molar-refractivity contribution is -0.118. The molecule has 0 fully saturated rings. The van der Waals surface area contributed by atoms with E-state index in [1.165, 1.54) is 0 Å². The van der Waals surface area contributed by atoms with Gasteiger partial charge in [-0.25, -0.2) is 0 Å². The molecular weight excluding hydrogens is 324 g/mol. The van der Waals surface area contributed by atoms with Crippen molar-refractivity contribution in [2.24, 2.45) is 5.92 Å². The van der Waals surface area contributed by atoms with Crippen LogP contribution >= 0.6 is 11.8 Å². The molecule has 0 saturated heterocycles. The van der Waals surface area contributed by atoms with Gasteiger partial charge < -0.3 is 9.84 Å². The predicted molar refractivity (Wildman–Crippen MR) is 96.0 cm³/mol. The number of hydrogen-bond acceptors (Lipinski definition) is 5. The number of aryl methyl sites for hydroxylation is 4. The average Bonchev–Trinajstić information content (AvgIpc) is 3.00. The number of hydrogen-bond donors (Lipinski definition) is 1. The Hall–Kier alpha value is -1.76. The summed E-state index contributed by atoms with van der Waals surface area (Å²) in [6, 6.07) is 2.07. The number of rotatable bonds is 8. The minimum Gasteiger partial charge on any atom is -0.361 e. The fraction of sp³-hybridized carbons (Fsp3) is 0.588. The van der Waals surface area contributed by atoms with Crippen LogP contribution in [-0.2, 0) is 17.1 Å².